The molecule has 0 aliphatic rings. The predicted molar refractivity (Wildman–Crippen MR) is 123 cm³/mol. The minimum Gasteiger partial charge on any atom is -0.497 e. The molecule has 3 rings (SSSR count). The molecule has 0 bridgehead atoms. The number of likely N-dealkylation sites (N-methyl/N-ethyl adjacent to an activating group) is 1. The predicted octanol–water partition coefficient (Wildman–Crippen LogP) is 3.18. The van der Waals surface area contributed by atoms with Gasteiger partial charge < -0.3 is 15.0 Å². The van der Waals surface area contributed by atoms with Crippen LogP contribution in [0.15, 0.2) is 36.7 Å². The highest BCUT2D eigenvalue weighted by molar-refractivity contribution is 7.71. The lowest BCUT2D eigenvalue weighted by Crippen LogP contribution is -2.27. The zero-order valence-corrected chi connectivity index (χ0v) is 19.0. The number of methoxy groups -OCH3 is 1. The number of carbonyl (C=O) groups is 1. The first-order chi connectivity index (χ1) is 15.0. The van der Waals surface area contributed by atoms with Crippen molar-refractivity contribution in [3.8, 4) is 17.1 Å². The fourth-order valence-corrected chi connectivity index (χ4v) is 3.48. The van der Waals surface area contributed by atoms with Crippen LogP contribution in [0, 0.1) is 4.77 Å². The van der Waals surface area contributed by atoms with Crippen molar-refractivity contribution < 1.29 is 9.53 Å². The normalized spacial score (nSPS) is 11.1. The number of aromatic nitrogens is 5. The van der Waals surface area contributed by atoms with Crippen molar-refractivity contribution in [2.75, 3.05) is 32.1 Å². The van der Waals surface area contributed by atoms with Gasteiger partial charge in [-0.15, -0.1) is 0 Å². The number of hydrogen-bond donors (Lipinski definition) is 2. The van der Waals surface area contributed by atoms with Crippen LogP contribution in [0.25, 0.3) is 11.4 Å². The summed E-state index contributed by atoms with van der Waals surface area (Å²) in [6.45, 7) is 8.43. The Morgan fingerprint density at radius 2 is 1.97 bits per heavy atom. The van der Waals surface area contributed by atoms with Crippen molar-refractivity contribution in [1.82, 2.24) is 29.4 Å². The fourth-order valence-electron chi connectivity index (χ4n) is 3.26. The Balaban J connectivity index is 1.57. The molecule has 3 aromatic rings. The SMILES string of the molecule is CCN(CC)CCn1cc(NC(=O)CCn2c(-c3ccc(OC)cc3)n[nH]c2=S)cn1. The quantitative estimate of drug-likeness (QED) is 0.442. The van der Waals surface area contributed by atoms with Crippen molar-refractivity contribution in [3.05, 3.63) is 41.4 Å². The lowest BCUT2D eigenvalue weighted by molar-refractivity contribution is -0.116. The van der Waals surface area contributed by atoms with Crippen LogP contribution in [0.1, 0.15) is 20.3 Å². The van der Waals surface area contributed by atoms with Crippen LogP contribution < -0.4 is 10.1 Å². The van der Waals surface area contributed by atoms with Crippen LogP contribution in [0.3, 0.4) is 0 Å². The van der Waals surface area contributed by atoms with Gasteiger partial charge in [-0.1, -0.05) is 13.8 Å². The number of nitrogens with zero attached hydrogens (tertiary/aromatic N) is 5. The summed E-state index contributed by atoms with van der Waals surface area (Å²) in [6, 6.07) is 7.55. The first-order valence-electron chi connectivity index (χ1n) is 10.4. The Morgan fingerprint density at radius 3 is 2.65 bits per heavy atom. The number of amides is 1. The maximum Gasteiger partial charge on any atom is 0.226 e. The highest BCUT2D eigenvalue weighted by atomic mass is 32.1. The molecule has 31 heavy (non-hydrogen) atoms. The van der Waals surface area contributed by atoms with E-state index in [4.69, 9.17) is 17.0 Å². The van der Waals surface area contributed by atoms with Crippen LogP contribution in [0.4, 0.5) is 5.69 Å². The second-order valence-electron chi connectivity index (χ2n) is 7.05. The number of carbonyl (C=O) groups excluding carboxylic acids is 1. The van der Waals surface area contributed by atoms with E-state index in [-0.39, 0.29) is 12.3 Å². The minimum absolute atomic E-state index is 0.105. The van der Waals surface area contributed by atoms with Crippen LogP contribution in [0.2, 0.25) is 0 Å². The van der Waals surface area contributed by atoms with E-state index in [2.05, 4.69) is 39.4 Å². The van der Waals surface area contributed by atoms with E-state index in [1.807, 2.05) is 39.7 Å². The second kappa shape index (κ2) is 10.9. The average molecular weight is 444 g/mol. The molecule has 0 saturated carbocycles. The third-order valence-corrected chi connectivity index (χ3v) is 5.44. The lowest BCUT2D eigenvalue weighted by Gasteiger charge is -2.17. The molecule has 1 amide bonds. The molecule has 2 N–H and O–H groups in total. The average Bonchev–Trinajstić information content (AvgIpc) is 3.39. The standard InChI is InChI=1S/C21H29N7O2S/c1-4-26(5-2)12-13-27-15-17(14-22-27)23-19(29)10-11-28-20(24-25-21(28)31)16-6-8-18(30-3)9-7-16/h6-9,14-15H,4-5,10-13H2,1-3H3,(H,23,29)(H,25,31). The zero-order valence-electron chi connectivity index (χ0n) is 18.2. The third-order valence-electron chi connectivity index (χ3n) is 5.13. The van der Waals surface area contributed by atoms with Gasteiger partial charge in [-0.25, -0.2) is 0 Å². The van der Waals surface area contributed by atoms with Crippen LogP contribution in [-0.4, -0.2) is 62.1 Å². The van der Waals surface area contributed by atoms with Gasteiger partial charge in [-0.2, -0.15) is 10.2 Å². The van der Waals surface area contributed by atoms with E-state index in [0.717, 1.165) is 37.5 Å². The topological polar surface area (TPSA) is 93.0 Å². The first kappa shape index (κ1) is 22.7. The monoisotopic (exact) mass is 443 g/mol. The highest BCUT2D eigenvalue weighted by Crippen LogP contribution is 2.21. The number of hydrogen-bond acceptors (Lipinski definition) is 6. The summed E-state index contributed by atoms with van der Waals surface area (Å²) in [5.41, 5.74) is 1.58. The molecule has 0 aliphatic heterocycles. The summed E-state index contributed by atoms with van der Waals surface area (Å²) >= 11 is 5.35. The largest absolute Gasteiger partial charge is 0.497 e. The first-order valence-corrected chi connectivity index (χ1v) is 10.8. The summed E-state index contributed by atoms with van der Waals surface area (Å²) in [4.78, 5) is 14.8. The van der Waals surface area contributed by atoms with E-state index >= 15 is 0 Å². The summed E-state index contributed by atoms with van der Waals surface area (Å²) in [5.74, 6) is 1.35. The van der Waals surface area contributed by atoms with Crippen molar-refractivity contribution in [3.63, 3.8) is 0 Å². The molecule has 0 spiro atoms. The van der Waals surface area contributed by atoms with Crippen LogP contribution >= 0.6 is 12.2 Å². The fraction of sp³-hybridized carbons (Fsp3) is 0.429. The van der Waals surface area contributed by atoms with E-state index in [1.54, 1.807) is 13.3 Å². The number of nitrogens with one attached hydrogen (secondary N) is 2. The van der Waals surface area contributed by atoms with Gasteiger partial charge in [0.1, 0.15) is 5.75 Å². The smallest absolute Gasteiger partial charge is 0.226 e. The molecular weight excluding hydrogens is 414 g/mol. The van der Waals surface area contributed by atoms with Gasteiger partial charge in [0.15, 0.2) is 10.6 Å². The molecule has 0 saturated heterocycles. The number of rotatable bonds is 11. The molecule has 0 atom stereocenters. The van der Waals surface area contributed by atoms with Gasteiger partial charge in [-0.3, -0.25) is 19.1 Å². The van der Waals surface area contributed by atoms with E-state index < -0.39 is 0 Å². The lowest BCUT2D eigenvalue weighted by atomic mass is 10.2. The highest BCUT2D eigenvalue weighted by Gasteiger charge is 2.12. The van der Waals surface area contributed by atoms with Crippen LogP contribution in [0.5, 0.6) is 5.75 Å². The molecular formula is C21H29N7O2S. The maximum absolute atomic E-state index is 12.5. The van der Waals surface area contributed by atoms with E-state index in [1.165, 1.54) is 0 Å². The zero-order chi connectivity index (χ0) is 22.2. The Hall–Kier alpha value is -2.98. The summed E-state index contributed by atoms with van der Waals surface area (Å²) in [5, 5.41) is 14.4. The van der Waals surface area contributed by atoms with Gasteiger partial charge in [0.25, 0.3) is 0 Å². The molecule has 0 aliphatic carbocycles. The van der Waals surface area contributed by atoms with Crippen molar-refractivity contribution in [1.29, 1.82) is 0 Å². The third kappa shape index (κ3) is 6.02. The molecule has 9 nitrogen and oxygen atoms in total. The van der Waals surface area contributed by atoms with E-state index in [9.17, 15) is 4.79 Å². The maximum atomic E-state index is 12.5. The number of anilines is 1. The number of benzene rings is 1. The van der Waals surface area contributed by atoms with Gasteiger partial charge in [0.05, 0.1) is 25.5 Å². The Bertz CT molecular complexity index is 1030. The Morgan fingerprint density at radius 1 is 1.23 bits per heavy atom. The van der Waals surface area contributed by atoms with Gasteiger partial charge in [0, 0.05) is 31.3 Å². The van der Waals surface area contributed by atoms with E-state index in [0.29, 0.717) is 22.8 Å². The van der Waals surface area contributed by atoms with Crippen molar-refractivity contribution in [2.45, 2.75) is 33.4 Å². The summed E-state index contributed by atoms with van der Waals surface area (Å²) in [6.07, 6.45) is 3.79. The number of aromatic amines is 1. The molecule has 0 fully saturated rings. The molecule has 166 valence electrons. The molecule has 2 heterocycles. The Kier molecular flexibility index (Phi) is 7.96. The van der Waals surface area contributed by atoms with Gasteiger partial charge in [-0.05, 0) is 49.6 Å². The number of ether oxygens (including phenoxy) is 1. The summed E-state index contributed by atoms with van der Waals surface area (Å²) in [7, 11) is 1.62. The number of H-pyrrole nitrogens is 1. The Labute approximate surface area is 187 Å². The molecule has 0 radical (unpaired) electrons. The molecule has 2 aromatic heterocycles. The van der Waals surface area contributed by atoms with Gasteiger partial charge >= 0.3 is 0 Å². The molecule has 1 aromatic carbocycles. The second-order valence-corrected chi connectivity index (χ2v) is 7.44. The van der Waals surface area contributed by atoms with Crippen LogP contribution in [-0.2, 0) is 17.9 Å². The van der Waals surface area contributed by atoms with Gasteiger partial charge in [0.2, 0.25) is 5.91 Å². The van der Waals surface area contributed by atoms with Crippen molar-refractivity contribution in [2.24, 2.45) is 0 Å². The van der Waals surface area contributed by atoms with Crippen molar-refractivity contribution >= 4 is 23.8 Å². The molecule has 0 unspecified atom stereocenters. The summed E-state index contributed by atoms with van der Waals surface area (Å²) < 4.78 is 9.35. The molecule has 10 heteroatoms. The minimum atomic E-state index is -0.105.